The Hall–Kier alpha value is -2.18. The Balaban J connectivity index is 1.46. The summed E-state index contributed by atoms with van der Waals surface area (Å²) >= 11 is 0. The number of carbonyl (C=O) groups excluding carboxylic acids is 1. The van der Waals surface area contributed by atoms with Crippen LogP contribution in [-0.2, 0) is 4.74 Å². The molecule has 0 N–H and O–H groups in total. The molecule has 4 rings (SSSR count). The number of amides is 1. The van der Waals surface area contributed by atoms with Crippen molar-refractivity contribution in [2.24, 2.45) is 0 Å². The van der Waals surface area contributed by atoms with E-state index in [1.165, 1.54) is 19.4 Å². The zero-order valence-corrected chi connectivity index (χ0v) is 17.5. The number of fused-ring (bicyclic) bond motifs is 1. The van der Waals surface area contributed by atoms with E-state index in [0.717, 1.165) is 35.9 Å². The van der Waals surface area contributed by atoms with Gasteiger partial charge in [-0.05, 0) is 57.8 Å². The number of hydrogen-bond donors (Lipinski definition) is 0. The van der Waals surface area contributed by atoms with E-state index in [9.17, 15) is 4.79 Å². The van der Waals surface area contributed by atoms with Crippen LogP contribution in [-0.4, -0.2) is 73.2 Å². The van der Waals surface area contributed by atoms with Crippen molar-refractivity contribution >= 4 is 16.8 Å². The first kappa shape index (κ1) is 20.1. The second kappa shape index (κ2) is 9.09. The largest absolute Gasteiger partial charge is 0.491 e. The summed E-state index contributed by atoms with van der Waals surface area (Å²) in [7, 11) is 3.92. The van der Waals surface area contributed by atoms with E-state index in [4.69, 9.17) is 14.5 Å². The van der Waals surface area contributed by atoms with Crippen molar-refractivity contribution in [3.63, 3.8) is 0 Å². The van der Waals surface area contributed by atoms with Gasteiger partial charge in [0.05, 0.1) is 12.7 Å². The highest BCUT2D eigenvalue weighted by molar-refractivity contribution is 5.96. The van der Waals surface area contributed by atoms with Crippen LogP contribution in [0.5, 0.6) is 5.75 Å². The maximum Gasteiger partial charge on any atom is 0.272 e. The van der Waals surface area contributed by atoms with Gasteiger partial charge in [-0.3, -0.25) is 4.79 Å². The Morgan fingerprint density at radius 2 is 1.97 bits per heavy atom. The normalized spacial score (nSPS) is 21.0. The summed E-state index contributed by atoms with van der Waals surface area (Å²) in [6, 6.07) is 10.3. The Morgan fingerprint density at radius 3 is 2.69 bits per heavy atom. The van der Waals surface area contributed by atoms with Crippen molar-refractivity contribution < 1.29 is 14.3 Å². The number of pyridine rings is 1. The fraction of sp³-hybridized carbons (Fsp3) is 0.565. The lowest BCUT2D eigenvalue weighted by atomic mass is 10.1. The summed E-state index contributed by atoms with van der Waals surface area (Å²) in [6.45, 7) is 3.26. The lowest BCUT2D eigenvalue weighted by Crippen LogP contribution is -2.40. The van der Waals surface area contributed by atoms with Gasteiger partial charge in [0.2, 0.25) is 0 Å². The van der Waals surface area contributed by atoms with Gasteiger partial charge < -0.3 is 19.3 Å². The van der Waals surface area contributed by atoms with Gasteiger partial charge in [0.1, 0.15) is 17.0 Å². The summed E-state index contributed by atoms with van der Waals surface area (Å²) in [5.74, 6) is 0.750. The molecule has 1 atom stereocenters. The number of aromatic nitrogens is 1. The molecule has 2 aromatic rings. The molecule has 0 bridgehead atoms. The third kappa shape index (κ3) is 4.54. The van der Waals surface area contributed by atoms with Crippen LogP contribution in [0.4, 0.5) is 0 Å². The molecule has 6 nitrogen and oxygen atoms in total. The molecule has 29 heavy (non-hydrogen) atoms. The molecule has 2 aliphatic heterocycles. The van der Waals surface area contributed by atoms with E-state index in [2.05, 4.69) is 11.9 Å². The number of para-hydroxylation sites is 1. The molecule has 1 aromatic carbocycles. The number of nitrogens with zero attached hydrogens (tertiary/aromatic N) is 3. The Bertz CT molecular complexity index is 848. The van der Waals surface area contributed by atoms with Gasteiger partial charge in [-0.1, -0.05) is 18.2 Å². The fourth-order valence-corrected chi connectivity index (χ4v) is 4.46. The molecule has 2 aliphatic rings. The van der Waals surface area contributed by atoms with Gasteiger partial charge in [-0.15, -0.1) is 0 Å². The second-order valence-electron chi connectivity index (χ2n) is 8.17. The van der Waals surface area contributed by atoms with Gasteiger partial charge in [0.25, 0.3) is 5.91 Å². The summed E-state index contributed by atoms with van der Waals surface area (Å²) < 4.78 is 11.5. The van der Waals surface area contributed by atoms with Crippen LogP contribution in [0.25, 0.3) is 10.9 Å². The third-order valence-corrected chi connectivity index (χ3v) is 6.35. The van der Waals surface area contributed by atoms with Crippen LogP contribution in [0, 0.1) is 0 Å². The van der Waals surface area contributed by atoms with Crippen molar-refractivity contribution in [1.82, 2.24) is 14.8 Å². The van der Waals surface area contributed by atoms with Crippen LogP contribution < -0.4 is 4.74 Å². The number of methoxy groups -OCH3 is 1. The second-order valence-corrected chi connectivity index (χ2v) is 8.17. The molecule has 2 fully saturated rings. The standard InChI is InChI=1S/C23H31N3O3/c1-25-13-4-6-18(25)12-16-29-21-7-3-5-17-8-9-20(24-22(17)21)23(27)26-14-10-19(28-2)11-15-26/h3,5,7-9,18-19H,4,6,10-16H2,1-2H3. The van der Waals surface area contributed by atoms with E-state index >= 15 is 0 Å². The zero-order valence-electron chi connectivity index (χ0n) is 17.5. The number of carbonyl (C=O) groups is 1. The van der Waals surface area contributed by atoms with E-state index in [0.29, 0.717) is 31.4 Å². The quantitative estimate of drug-likeness (QED) is 0.748. The van der Waals surface area contributed by atoms with Crippen molar-refractivity contribution in [1.29, 1.82) is 0 Å². The first-order chi connectivity index (χ1) is 14.2. The molecule has 1 amide bonds. The zero-order chi connectivity index (χ0) is 20.2. The first-order valence-corrected chi connectivity index (χ1v) is 10.7. The van der Waals surface area contributed by atoms with Crippen LogP contribution in [0.15, 0.2) is 30.3 Å². The molecule has 6 heteroatoms. The molecule has 1 aromatic heterocycles. The molecule has 3 heterocycles. The first-order valence-electron chi connectivity index (χ1n) is 10.7. The van der Waals surface area contributed by atoms with Crippen LogP contribution >= 0.6 is 0 Å². The Morgan fingerprint density at radius 1 is 1.14 bits per heavy atom. The Labute approximate surface area is 172 Å². The van der Waals surface area contributed by atoms with E-state index in [-0.39, 0.29) is 12.0 Å². The molecule has 0 spiro atoms. The topological polar surface area (TPSA) is 54.9 Å². The van der Waals surface area contributed by atoms with Crippen molar-refractivity contribution in [2.75, 3.05) is 40.4 Å². The smallest absolute Gasteiger partial charge is 0.272 e. The predicted octanol–water partition coefficient (Wildman–Crippen LogP) is 3.35. The minimum absolute atomic E-state index is 0.0103. The number of benzene rings is 1. The average Bonchev–Trinajstić information content (AvgIpc) is 3.18. The summed E-state index contributed by atoms with van der Waals surface area (Å²) in [4.78, 5) is 21.9. The van der Waals surface area contributed by atoms with Crippen molar-refractivity contribution in [3.05, 3.63) is 36.0 Å². The van der Waals surface area contributed by atoms with Crippen molar-refractivity contribution in [3.8, 4) is 5.75 Å². The molecular weight excluding hydrogens is 366 g/mol. The van der Waals surface area contributed by atoms with Crippen LogP contribution in [0.2, 0.25) is 0 Å². The third-order valence-electron chi connectivity index (χ3n) is 6.35. The Kier molecular flexibility index (Phi) is 6.31. The molecule has 156 valence electrons. The minimum atomic E-state index is -0.0103. The van der Waals surface area contributed by atoms with Gasteiger partial charge in [-0.25, -0.2) is 4.98 Å². The highest BCUT2D eigenvalue weighted by Crippen LogP contribution is 2.26. The highest BCUT2D eigenvalue weighted by Gasteiger charge is 2.25. The van der Waals surface area contributed by atoms with Gasteiger partial charge in [-0.2, -0.15) is 0 Å². The lowest BCUT2D eigenvalue weighted by Gasteiger charge is -2.31. The highest BCUT2D eigenvalue weighted by atomic mass is 16.5. The summed E-state index contributed by atoms with van der Waals surface area (Å²) in [5, 5.41) is 0.995. The van der Waals surface area contributed by atoms with E-state index in [1.807, 2.05) is 35.2 Å². The van der Waals surface area contributed by atoms with Crippen LogP contribution in [0.1, 0.15) is 42.6 Å². The fourth-order valence-electron chi connectivity index (χ4n) is 4.46. The minimum Gasteiger partial charge on any atom is -0.491 e. The number of hydrogen-bond acceptors (Lipinski definition) is 5. The molecule has 0 radical (unpaired) electrons. The molecular formula is C23H31N3O3. The lowest BCUT2D eigenvalue weighted by molar-refractivity contribution is 0.0348. The predicted molar refractivity (Wildman–Crippen MR) is 113 cm³/mol. The monoisotopic (exact) mass is 397 g/mol. The maximum absolute atomic E-state index is 13.0. The number of ether oxygens (including phenoxy) is 2. The molecule has 0 saturated carbocycles. The van der Waals surface area contributed by atoms with Crippen molar-refractivity contribution in [2.45, 2.75) is 44.2 Å². The van der Waals surface area contributed by atoms with E-state index < -0.39 is 0 Å². The molecule has 1 unspecified atom stereocenters. The number of likely N-dealkylation sites (tertiary alicyclic amines) is 2. The van der Waals surface area contributed by atoms with E-state index in [1.54, 1.807) is 7.11 Å². The van der Waals surface area contributed by atoms with Gasteiger partial charge in [0, 0.05) is 31.6 Å². The van der Waals surface area contributed by atoms with Gasteiger partial charge in [0.15, 0.2) is 0 Å². The maximum atomic E-state index is 13.0. The molecule has 0 aliphatic carbocycles. The SMILES string of the molecule is COC1CCN(C(=O)c2ccc3cccc(OCCC4CCCN4C)c3n2)CC1. The molecule has 2 saturated heterocycles. The average molecular weight is 398 g/mol. The number of piperidine rings is 1. The summed E-state index contributed by atoms with van der Waals surface area (Å²) in [5.41, 5.74) is 1.25. The summed E-state index contributed by atoms with van der Waals surface area (Å²) in [6.07, 6.45) is 5.53. The van der Waals surface area contributed by atoms with Crippen LogP contribution in [0.3, 0.4) is 0 Å². The number of rotatable bonds is 6. The van der Waals surface area contributed by atoms with Gasteiger partial charge >= 0.3 is 0 Å².